The molecule has 7 aromatic rings. The summed E-state index contributed by atoms with van der Waals surface area (Å²) in [4.78, 5) is 4.87. The van der Waals surface area contributed by atoms with E-state index in [0.29, 0.717) is 6.01 Å². The molecule has 0 spiro atoms. The first-order valence-electron chi connectivity index (χ1n) is 12.1. The number of benzene rings is 5. The maximum Gasteiger partial charge on any atom is 0.307 e. The summed E-state index contributed by atoms with van der Waals surface area (Å²) in [5.41, 5.74) is 9.27. The fourth-order valence-corrected chi connectivity index (χ4v) is 6.25. The van der Waals surface area contributed by atoms with Gasteiger partial charge in [-0.25, -0.2) is 0 Å². The molecule has 0 unspecified atom stereocenters. The molecule has 35 heavy (non-hydrogen) atoms. The van der Waals surface area contributed by atoms with E-state index in [1.165, 1.54) is 43.8 Å². The van der Waals surface area contributed by atoms with Crippen LogP contribution in [0.1, 0.15) is 25.0 Å². The Kier molecular flexibility index (Phi) is 3.47. The standard InChI is InChI=1S/C32H22N2O/c1-32(2)25-11-5-3-9-20(25)22-16-15-19-17-24-21-10-4-7-13-27(21)34(28(24)18-23(19)30(22)32)31-33-26-12-6-8-14-29(26)35-31/h3-18H,1-2H3. The predicted molar refractivity (Wildman–Crippen MR) is 143 cm³/mol. The normalized spacial score (nSPS) is 14.2. The van der Waals surface area contributed by atoms with E-state index < -0.39 is 0 Å². The van der Waals surface area contributed by atoms with Crippen LogP contribution in [0.25, 0.3) is 60.8 Å². The third-order valence-corrected chi connectivity index (χ3v) is 7.80. The van der Waals surface area contributed by atoms with Crippen molar-refractivity contribution in [1.29, 1.82) is 0 Å². The summed E-state index contributed by atoms with van der Waals surface area (Å²) in [6, 6.07) is 35.2. The molecule has 0 saturated carbocycles. The van der Waals surface area contributed by atoms with Gasteiger partial charge in [-0.3, -0.25) is 4.57 Å². The molecule has 0 aliphatic heterocycles. The molecule has 3 heteroatoms. The summed E-state index contributed by atoms with van der Waals surface area (Å²) >= 11 is 0. The SMILES string of the molecule is CC1(C)c2ccccc2-c2ccc3cc4c5ccccc5n(-c5nc6ccccc6o5)c4cc3c21. The van der Waals surface area contributed by atoms with Crippen LogP contribution >= 0.6 is 0 Å². The zero-order valence-electron chi connectivity index (χ0n) is 19.5. The van der Waals surface area contributed by atoms with Crippen LogP contribution in [0.2, 0.25) is 0 Å². The highest BCUT2D eigenvalue weighted by molar-refractivity contribution is 6.14. The van der Waals surface area contributed by atoms with E-state index in [1.54, 1.807) is 0 Å². The average molecular weight is 451 g/mol. The molecule has 3 nitrogen and oxygen atoms in total. The second-order valence-electron chi connectivity index (χ2n) is 10.1. The third-order valence-electron chi connectivity index (χ3n) is 7.80. The molecule has 0 saturated heterocycles. The minimum absolute atomic E-state index is 0.0758. The molecular weight excluding hydrogens is 428 g/mol. The van der Waals surface area contributed by atoms with Gasteiger partial charge in [0.2, 0.25) is 0 Å². The molecular formula is C32H22N2O. The average Bonchev–Trinajstić information content (AvgIpc) is 3.51. The van der Waals surface area contributed by atoms with E-state index in [0.717, 1.165) is 22.1 Å². The molecule has 0 atom stereocenters. The van der Waals surface area contributed by atoms with Crippen molar-refractivity contribution in [2.75, 3.05) is 0 Å². The Balaban J connectivity index is 1.53. The van der Waals surface area contributed by atoms with Gasteiger partial charge in [-0.15, -0.1) is 0 Å². The van der Waals surface area contributed by atoms with Gasteiger partial charge in [-0.05, 0) is 63.4 Å². The number of hydrogen-bond acceptors (Lipinski definition) is 2. The minimum atomic E-state index is -0.0758. The molecule has 0 amide bonds. The van der Waals surface area contributed by atoms with Gasteiger partial charge in [0.1, 0.15) is 5.52 Å². The molecule has 0 fully saturated rings. The van der Waals surface area contributed by atoms with Crippen LogP contribution in [0, 0.1) is 0 Å². The Labute approximate surface area is 202 Å². The van der Waals surface area contributed by atoms with Crippen molar-refractivity contribution in [1.82, 2.24) is 9.55 Å². The van der Waals surface area contributed by atoms with Crippen LogP contribution < -0.4 is 0 Å². The number of aromatic nitrogens is 2. The number of nitrogens with zero attached hydrogens (tertiary/aromatic N) is 2. The maximum atomic E-state index is 6.28. The molecule has 166 valence electrons. The minimum Gasteiger partial charge on any atom is -0.423 e. The summed E-state index contributed by atoms with van der Waals surface area (Å²) in [6.07, 6.45) is 0. The van der Waals surface area contributed by atoms with E-state index in [2.05, 4.69) is 91.2 Å². The molecule has 1 aliphatic carbocycles. The first-order chi connectivity index (χ1) is 17.1. The van der Waals surface area contributed by atoms with Gasteiger partial charge in [0.05, 0.1) is 11.0 Å². The monoisotopic (exact) mass is 450 g/mol. The molecule has 0 bridgehead atoms. The van der Waals surface area contributed by atoms with Gasteiger partial charge >= 0.3 is 6.01 Å². The summed E-state index contributed by atoms with van der Waals surface area (Å²) in [6.45, 7) is 4.69. The Bertz CT molecular complexity index is 1950. The van der Waals surface area contributed by atoms with Crippen molar-refractivity contribution < 1.29 is 4.42 Å². The van der Waals surface area contributed by atoms with Crippen molar-refractivity contribution in [3.8, 4) is 17.1 Å². The zero-order chi connectivity index (χ0) is 23.3. The molecule has 2 aromatic heterocycles. The zero-order valence-corrected chi connectivity index (χ0v) is 19.5. The van der Waals surface area contributed by atoms with Gasteiger partial charge in [0, 0.05) is 16.2 Å². The van der Waals surface area contributed by atoms with E-state index >= 15 is 0 Å². The van der Waals surface area contributed by atoms with Crippen molar-refractivity contribution >= 4 is 43.7 Å². The Morgan fingerprint density at radius 2 is 1.49 bits per heavy atom. The number of oxazole rings is 1. The number of rotatable bonds is 1. The third kappa shape index (κ3) is 2.37. The number of fused-ring (bicyclic) bond motifs is 9. The summed E-state index contributed by atoms with van der Waals surface area (Å²) in [5.74, 6) is 0. The van der Waals surface area contributed by atoms with Crippen molar-refractivity contribution in [3.05, 3.63) is 108 Å². The smallest absolute Gasteiger partial charge is 0.307 e. The van der Waals surface area contributed by atoms with Gasteiger partial charge in [0.15, 0.2) is 5.58 Å². The Hall–Kier alpha value is -4.37. The summed E-state index contributed by atoms with van der Waals surface area (Å²) < 4.78 is 8.46. The maximum absolute atomic E-state index is 6.28. The lowest BCUT2D eigenvalue weighted by molar-refractivity contribution is 0.574. The molecule has 0 N–H and O–H groups in total. The fraction of sp³-hybridized carbons (Fsp3) is 0.0938. The topological polar surface area (TPSA) is 31.0 Å². The molecule has 5 aromatic carbocycles. The van der Waals surface area contributed by atoms with Crippen molar-refractivity contribution in [2.24, 2.45) is 0 Å². The highest BCUT2D eigenvalue weighted by Crippen LogP contribution is 2.51. The van der Waals surface area contributed by atoms with E-state index in [1.807, 2.05) is 24.3 Å². The van der Waals surface area contributed by atoms with Gasteiger partial charge < -0.3 is 4.42 Å². The Morgan fingerprint density at radius 3 is 2.40 bits per heavy atom. The quantitative estimate of drug-likeness (QED) is 0.251. The summed E-state index contributed by atoms with van der Waals surface area (Å²) in [7, 11) is 0. The Morgan fingerprint density at radius 1 is 0.686 bits per heavy atom. The van der Waals surface area contributed by atoms with Crippen LogP contribution in [0.15, 0.2) is 101 Å². The molecule has 2 heterocycles. The van der Waals surface area contributed by atoms with Crippen LogP contribution in [0.3, 0.4) is 0 Å². The molecule has 8 rings (SSSR count). The van der Waals surface area contributed by atoms with E-state index in [9.17, 15) is 0 Å². The van der Waals surface area contributed by atoms with Gasteiger partial charge in [-0.2, -0.15) is 4.98 Å². The van der Waals surface area contributed by atoms with Gasteiger partial charge in [0.25, 0.3) is 0 Å². The lowest BCUT2D eigenvalue weighted by Crippen LogP contribution is -2.15. The van der Waals surface area contributed by atoms with Crippen molar-refractivity contribution in [2.45, 2.75) is 19.3 Å². The second-order valence-corrected chi connectivity index (χ2v) is 10.1. The van der Waals surface area contributed by atoms with Crippen LogP contribution in [-0.2, 0) is 5.41 Å². The predicted octanol–water partition coefficient (Wildman–Crippen LogP) is 8.38. The lowest BCUT2D eigenvalue weighted by atomic mass is 9.80. The number of para-hydroxylation sites is 3. The number of hydrogen-bond donors (Lipinski definition) is 0. The van der Waals surface area contributed by atoms with E-state index in [4.69, 9.17) is 9.40 Å². The highest BCUT2D eigenvalue weighted by atomic mass is 16.4. The summed E-state index contributed by atoms with van der Waals surface area (Å²) in [5, 5.41) is 4.97. The van der Waals surface area contributed by atoms with Crippen molar-refractivity contribution in [3.63, 3.8) is 0 Å². The highest BCUT2D eigenvalue weighted by Gasteiger charge is 2.36. The first-order valence-corrected chi connectivity index (χ1v) is 12.1. The van der Waals surface area contributed by atoms with Crippen LogP contribution in [0.4, 0.5) is 0 Å². The lowest BCUT2D eigenvalue weighted by Gasteiger charge is -2.23. The first kappa shape index (κ1) is 19.0. The van der Waals surface area contributed by atoms with Crippen LogP contribution in [0.5, 0.6) is 0 Å². The molecule has 1 aliphatic rings. The second kappa shape index (κ2) is 6.39. The van der Waals surface area contributed by atoms with E-state index in [-0.39, 0.29) is 5.41 Å². The fourth-order valence-electron chi connectivity index (χ4n) is 6.25. The largest absolute Gasteiger partial charge is 0.423 e. The van der Waals surface area contributed by atoms with Gasteiger partial charge in [-0.1, -0.05) is 80.6 Å². The molecule has 0 radical (unpaired) electrons. The van der Waals surface area contributed by atoms with Crippen LogP contribution in [-0.4, -0.2) is 9.55 Å².